The molecule has 0 heterocycles. The first-order chi connectivity index (χ1) is 9.97. The van der Waals surface area contributed by atoms with Gasteiger partial charge in [-0.05, 0) is 30.7 Å². The number of amides is 1. The van der Waals surface area contributed by atoms with Crippen molar-refractivity contribution in [1.82, 2.24) is 9.62 Å². The van der Waals surface area contributed by atoms with Crippen LogP contribution >= 0.6 is 0 Å². The van der Waals surface area contributed by atoms with Crippen molar-refractivity contribution in [2.45, 2.75) is 24.7 Å². The molecule has 21 heavy (non-hydrogen) atoms. The molecule has 0 atom stereocenters. The van der Waals surface area contributed by atoms with Crippen LogP contribution in [-0.2, 0) is 10.0 Å². The van der Waals surface area contributed by atoms with E-state index in [9.17, 15) is 13.2 Å². The summed E-state index contributed by atoms with van der Waals surface area (Å²) in [5.41, 5.74) is 0.402. The molecule has 6 nitrogen and oxygen atoms in total. The zero-order valence-corrected chi connectivity index (χ0v) is 13.2. The van der Waals surface area contributed by atoms with E-state index in [1.54, 1.807) is 0 Å². The first kappa shape index (κ1) is 17.6. The van der Waals surface area contributed by atoms with Gasteiger partial charge in [-0.25, -0.2) is 8.42 Å². The highest BCUT2D eigenvalue weighted by Gasteiger charge is 2.23. The molecule has 0 saturated heterocycles. The average Bonchev–Trinajstić information content (AvgIpc) is 2.50. The monoisotopic (exact) mass is 314 g/mol. The molecule has 0 saturated carbocycles. The number of aliphatic hydroxyl groups excluding tert-OH is 1. The van der Waals surface area contributed by atoms with Gasteiger partial charge < -0.3 is 10.4 Å². The topological polar surface area (TPSA) is 86.7 Å². The van der Waals surface area contributed by atoms with Crippen molar-refractivity contribution in [3.05, 3.63) is 29.8 Å². The fourth-order valence-electron chi connectivity index (χ4n) is 1.87. The van der Waals surface area contributed by atoms with Crippen LogP contribution in [0.4, 0.5) is 0 Å². The Hall–Kier alpha value is -1.44. The highest BCUT2D eigenvalue weighted by Crippen LogP contribution is 2.17. The molecule has 1 aromatic carbocycles. The lowest BCUT2D eigenvalue weighted by atomic mass is 10.2. The lowest BCUT2D eigenvalue weighted by Crippen LogP contribution is -2.34. The molecule has 1 amide bonds. The summed E-state index contributed by atoms with van der Waals surface area (Å²) in [6.45, 7) is 2.19. The van der Waals surface area contributed by atoms with E-state index in [1.165, 1.54) is 35.6 Å². The van der Waals surface area contributed by atoms with E-state index in [4.69, 9.17) is 5.11 Å². The van der Waals surface area contributed by atoms with Gasteiger partial charge in [0.2, 0.25) is 10.0 Å². The zero-order valence-electron chi connectivity index (χ0n) is 12.4. The number of aliphatic hydroxyl groups is 1. The Labute approximate surface area is 125 Å². The second kappa shape index (κ2) is 8.11. The number of hydrogen-bond acceptors (Lipinski definition) is 4. The lowest BCUT2D eigenvalue weighted by Gasteiger charge is -2.21. The van der Waals surface area contributed by atoms with Crippen LogP contribution in [0.5, 0.6) is 0 Å². The maximum Gasteiger partial charge on any atom is 0.251 e. The van der Waals surface area contributed by atoms with Crippen molar-refractivity contribution in [1.29, 1.82) is 0 Å². The predicted molar refractivity (Wildman–Crippen MR) is 80.6 cm³/mol. The standard InChI is InChI=1S/C14H22N2O4S/c1-3-4-9-16(10-11-17)21(19,20)13-7-5-12(6-8-13)14(18)15-2/h5-8,17H,3-4,9-11H2,1-2H3,(H,15,18). The van der Waals surface area contributed by atoms with Gasteiger partial charge in [0.15, 0.2) is 0 Å². The number of hydrogen-bond donors (Lipinski definition) is 2. The van der Waals surface area contributed by atoms with E-state index in [2.05, 4.69) is 5.32 Å². The third kappa shape index (κ3) is 4.52. The average molecular weight is 314 g/mol. The molecule has 118 valence electrons. The first-order valence-corrected chi connectivity index (χ1v) is 8.34. The predicted octanol–water partition coefficient (Wildman–Crippen LogP) is 0.829. The normalized spacial score (nSPS) is 11.6. The van der Waals surface area contributed by atoms with Crippen molar-refractivity contribution in [2.24, 2.45) is 0 Å². The van der Waals surface area contributed by atoms with Crippen LogP contribution in [0.1, 0.15) is 30.1 Å². The molecule has 0 aromatic heterocycles. The van der Waals surface area contributed by atoms with Crippen LogP contribution < -0.4 is 5.32 Å². The van der Waals surface area contributed by atoms with E-state index in [1.807, 2.05) is 6.92 Å². The Balaban J connectivity index is 3.01. The number of benzene rings is 1. The smallest absolute Gasteiger partial charge is 0.251 e. The number of nitrogens with one attached hydrogen (secondary N) is 1. The molecule has 1 aromatic rings. The Morgan fingerprint density at radius 1 is 1.24 bits per heavy atom. The first-order valence-electron chi connectivity index (χ1n) is 6.90. The molecule has 0 radical (unpaired) electrons. The van der Waals surface area contributed by atoms with Gasteiger partial charge in [0.25, 0.3) is 5.91 Å². The van der Waals surface area contributed by atoms with E-state index in [-0.39, 0.29) is 24.0 Å². The van der Waals surface area contributed by atoms with Gasteiger partial charge in [0.1, 0.15) is 0 Å². The zero-order chi connectivity index (χ0) is 15.9. The molecule has 2 N–H and O–H groups in total. The Kier molecular flexibility index (Phi) is 6.80. The van der Waals surface area contributed by atoms with Crippen LogP contribution in [-0.4, -0.2) is 50.5 Å². The minimum absolute atomic E-state index is 0.0690. The molecular formula is C14H22N2O4S. The van der Waals surface area contributed by atoms with Crippen molar-refractivity contribution in [2.75, 3.05) is 26.7 Å². The fourth-order valence-corrected chi connectivity index (χ4v) is 3.34. The van der Waals surface area contributed by atoms with Crippen molar-refractivity contribution in [3.8, 4) is 0 Å². The second-order valence-corrected chi connectivity index (χ2v) is 6.52. The highest BCUT2D eigenvalue weighted by molar-refractivity contribution is 7.89. The molecule has 0 aliphatic heterocycles. The Morgan fingerprint density at radius 2 is 1.86 bits per heavy atom. The van der Waals surface area contributed by atoms with Crippen LogP contribution in [0, 0.1) is 0 Å². The van der Waals surface area contributed by atoms with Crippen LogP contribution in [0.2, 0.25) is 0 Å². The minimum atomic E-state index is -3.64. The number of rotatable bonds is 8. The van der Waals surface area contributed by atoms with Gasteiger partial charge in [0.05, 0.1) is 11.5 Å². The van der Waals surface area contributed by atoms with Gasteiger partial charge in [-0.15, -0.1) is 0 Å². The molecular weight excluding hydrogens is 292 g/mol. The molecule has 0 aliphatic rings. The second-order valence-electron chi connectivity index (χ2n) is 4.58. The molecule has 7 heteroatoms. The quantitative estimate of drug-likeness (QED) is 0.744. The van der Waals surface area contributed by atoms with Gasteiger partial charge in [-0.2, -0.15) is 4.31 Å². The number of carbonyl (C=O) groups is 1. The van der Waals surface area contributed by atoms with Crippen molar-refractivity contribution < 1.29 is 18.3 Å². The Bertz CT molecular complexity index is 555. The van der Waals surface area contributed by atoms with Crippen molar-refractivity contribution in [3.63, 3.8) is 0 Å². The molecule has 0 fully saturated rings. The van der Waals surface area contributed by atoms with E-state index >= 15 is 0 Å². The molecule has 0 bridgehead atoms. The maximum absolute atomic E-state index is 12.5. The summed E-state index contributed by atoms with van der Waals surface area (Å²) in [7, 11) is -2.13. The van der Waals surface area contributed by atoms with Gasteiger partial charge in [-0.3, -0.25) is 4.79 Å². The maximum atomic E-state index is 12.5. The summed E-state index contributed by atoms with van der Waals surface area (Å²) in [4.78, 5) is 11.6. The van der Waals surface area contributed by atoms with Crippen LogP contribution in [0.15, 0.2) is 29.2 Å². The summed E-state index contributed by atoms with van der Waals surface area (Å²) < 4.78 is 26.3. The molecule has 0 unspecified atom stereocenters. The SMILES string of the molecule is CCCCN(CCO)S(=O)(=O)c1ccc(C(=O)NC)cc1. The van der Waals surface area contributed by atoms with E-state index in [0.29, 0.717) is 12.1 Å². The number of sulfonamides is 1. The summed E-state index contributed by atoms with van der Waals surface area (Å²) in [5, 5.41) is 11.5. The van der Waals surface area contributed by atoms with Gasteiger partial charge in [-0.1, -0.05) is 13.3 Å². The third-order valence-electron chi connectivity index (χ3n) is 3.09. The van der Waals surface area contributed by atoms with Crippen LogP contribution in [0.3, 0.4) is 0 Å². The van der Waals surface area contributed by atoms with Crippen LogP contribution in [0.25, 0.3) is 0 Å². The van der Waals surface area contributed by atoms with Gasteiger partial charge in [0, 0.05) is 25.7 Å². The summed E-state index contributed by atoms with van der Waals surface area (Å²) >= 11 is 0. The lowest BCUT2D eigenvalue weighted by molar-refractivity contribution is 0.0963. The largest absolute Gasteiger partial charge is 0.395 e. The fraction of sp³-hybridized carbons (Fsp3) is 0.500. The summed E-state index contributed by atoms with van der Waals surface area (Å²) in [5.74, 6) is -0.267. The molecule has 0 spiro atoms. The number of carbonyl (C=O) groups excluding carboxylic acids is 1. The van der Waals surface area contributed by atoms with E-state index in [0.717, 1.165) is 12.8 Å². The summed E-state index contributed by atoms with van der Waals surface area (Å²) in [6, 6.07) is 5.78. The van der Waals surface area contributed by atoms with Gasteiger partial charge >= 0.3 is 0 Å². The summed E-state index contributed by atoms with van der Waals surface area (Å²) in [6.07, 6.45) is 1.60. The third-order valence-corrected chi connectivity index (χ3v) is 5.00. The van der Waals surface area contributed by atoms with Crippen molar-refractivity contribution >= 4 is 15.9 Å². The number of nitrogens with zero attached hydrogens (tertiary/aromatic N) is 1. The molecule has 1 rings (SSSR count). The highest BCUT2D eigenvalue weighted by atomic mass is 32.2. The molecule has 0 aliphatic carbocycles. The minimum Gasteiger partial charge on any atom is -0.395 e. The van der Waals surface area contributed by atoms with E-state index < -0.39 is 10.0 Å². The number of unbranched alkanes of at least 4 members (excludes halogenated alkanes) is 1. The Morgan fingerprint density at radius 3 is 2.33 bits per heavy atom.